The van der Waals surface area contributed by atoms with Crippen LogP contribution in [0.15, 0.2) is 72.3 Å². The molecular formula is C48H62O15. The van der Waals surface area contributed by atoms with Crippen LogP contribution < -0.4 is 0 Å². The second-order valence-corrected chi connectivity index (χ2v) is 19.1. The molecule has 6 aliphatic rings. The summed E-state index contributed by atoms with van der Waals surface area (Å²) in [4.78, 5) is 41.8. The minimum atomic E-state index is -1.95. The van der Waals surface area contributed by atoms with Gasteiger partial charge in [0, 0.05) is 30.8 Å². The molecule has 2 aliphatic heterocycles. The molecule has 2 saturated heterocycles. The molecule has 2 aromatic rings. The van der Waals surface area contributed by atoms with Crippen LogP contribution in [0.1, 0.15) is 100 Å². The number of hydrogen-bond acceptors (Lipinski definition) is 15. The van der Waals surface area contributed by atoms with Crippen molar-refractivity contribution in [1.82, 2.24) is 0 Å². The van der Waals surface area contributed by atoms with Crippen LogP contribution in [0.2, 0.25) is 0 Å². The first-order chi connectivity index (χ1) is 29.9. The molecule has 3 saturated carbocycles. The fourth-order valence-electron chi connectivity index (χ4n) is 12.4. The van der Waals surface area contributed by atoms with Gasteiger partial charge in [-0.05, 0) is 89.0 Å². The Labute approximate surface area is 367 Å². The summed E-state index contributed by atoms with van der Waals surface area (Å²) in [5.74, 6) is -3.49. The lowest BCUT2D eigenvalue weighted by Crippen LogP contribution is -2.80. The van der Waals surface area contributed by atoms with Crippen LogP contribution in [0.5, 0.6) is 0 Å². The van der Waals surface area contributed by atoms with E-state index in [1.54, 1.807) is 81.4 Å². The third-order valence-corrected chi connectivity index (χ3v) is 15.7. The van der Waals surface area contributed by atoms with Gasteiger partial charge in [-0.2, -0.15) is 0 Å². The highest BCUT2D eigenvalue weighted by molar-refractivity contribution is 5.90. The van der Waals surface area contributed by atoms with Gasteiger partial charge in [0.05, 0.1) is 35.5 Å². The van der Waals surface area contributed by atoms with Crippen LogP contribution in [-0.2, 0) is 38.0 Å². The second kappa shape index (κ2) is 17.3. The van der Waals surface area contributed by atoms with Gasteiger partial charge in [0.25, 0.3) is 0 Å². The molecule has 63 heavy (non-hydrogen) atoms. The lowest BCUT2D eigenvalue weighted by atomic mass is 9.42. The van der Waals surface area contributed by atoms with Gasteiger partial charge < -0.3 is 58.7 Å². The molecule has 5 fully saturated rings. The van der Waals surface area contributed by atoms with Crippen molar-refractivity contribution in [1.29, 1.82) is 0 Å². The first-order valence-corrected chi connectivity index (χ1v) is 22.2. The number of carbonyl (C=O) groups is 3. The predicted molar refractivity (Wildman–Crippen MR) is 223 cm³/mol. The molecular weight excluding hydrogens is 817 g/mol. The van der Waals surface area contributed by atoms with Crippen molar-refractivity contribution in [2.45, 2.75) is 164 Å². The van der Waals surface area contributed by atoms with Gasteiger partial charge in [-0.3, -0.25) is 4.79 Å². The molecule has 0 unspecified atom stereocenters. The summed E-state index contributed by atoms with van der Waals surface area (Å²) < 4.78 is 42.9. The summed E-state index contributed by atoms with van der Waals surface area (Å²) in [6.07, 6.45) is -8.29. The molecule has 5 N–H and O–H groups in total. The number of benzene rings is 2. The van der Waals surface area contributed by atoms with E-state index in [4.69, 9.17) is 33.2 Å². The van der Waals surface area contributed by atoms with E-state index in [0.29, 0.717) is 19.3 Å². The largest absolute Gasteiger partial charge is 0.454 e. The normalized spacial score (nSPS) is 44.6. The molecule has 0 bridgehead atoms. The van der Waals surface area contributed by atoms with Crippen molar-refractivity contribution in [2.75, 3.05) is 7.11 Å². The lowest BCUT2D eigenvalue weighted by molar-refractivity contribution is -0.342. The number of carbonyl (C=O) groups excluding carboxylic acids is 3. The van der Waals surface area contributed by atoms with Crippen molar-refractivity contribution in [3.8, 4) is 0 Å². The highest BCUT2D eigenvalue weighted by atomic mass is 16.7. The van der Waals surface area contributed by atoms with Crippen molar-refractivity contribution in [3.63, 3.8) is 0 Å². The smallest absolute Gasteiger partial charge is 0.338 e. The number of aliphatic hydroxyl groups excluding tert-OH is 3. The standard InChI is InChI=1S/C48H62O15/c1-25(49)32-19-22-48(56)46(32,5)41(63-43(54)29-15-11-8-12-16-29)39(61-42(53)28-13-9-7-10-14-28)40-45(4)20-18-31(23-30(45)17-21-47(40,48)55)60-34-24-33(50)37(27(3)58-34)62-44-36(52)38(57-6)35(51)26(2)59-44/h7-17,26-27,31-41,44,50-52,55-56H,18-24H2,1-6H3/t26-,27-,31+,32-,33+,34+,35-,36-,37-,38-,39+,40-,41-,44+,45+,46+,47+,48-/m1/s1. The zero-order valence-electron chi connectivity index (χ0n) is 36.7. The first kappa shape index (κ1) is 45.9. The Hall–Kier alpha value is -3.61. The average molecular weight is 879 g/mol. The fraction of sp³-hybridized carbons (Fsp3) is 0.646. The van der Waals surface area contributed by atoms with Gasteiger partial charge in [-0.15, -0.1) is 0 Å². The summed E-state index contributed by atoms with van der Waals surface area (Å²) in [5.41, 5.74) is -4.99. The number of methoxy groups -OCH3 is 1. The van der Waals surface area contributed by atoms with Gasteiger partial charge in [-0.1, -0.05) is 61.9 Å². The lowest BCUT2D eigenvalue weighted by Gasteiger charge is -2.68. The van der Waals surface area contributed by atoms with E-state index < -0.39 is 119 Å². The SMILES string of the molecule is CO[C@H]1[C@@H](O)[C@H](O[C@H]2[C@@H](O)C[C@H](O[C@H]3CC[C@@]4(C)C(=CC[C@]5(O)[C@@H]4[C@H](OC(=O)c4ccccc4)[C@@H](OC(=O)c4ccccc4)[C@]4(C)[C@@H](C(C)=O)CC[C@@]45O)C3)O[C@@H]2C)O[C@H](C)[C@H]1O. The molecule has 8 rings (SSSR count). The van der Waals surface area contributed by atoms with E-state index in [2.05, 4.69) is 0 Å². The number of rotatable bonds is 10. The van der Waals surface area contributed by atoms with Gasteiger partial charge in [-0.25, -0.2) is 9.59 Å². The van der Waals surface area contributed by atoms with Crippen LogP contribution in [0.25, 0.3) is 0 Å². The summed E-state index contributed by atoms with van der Waals surface area (Å²) in [6, 6.07) is 16.8. The summed E-state index contributed by atoms with van der Waals surface area (Å²) in [5, 5.41) is 59.1. The zero-order chi connectivity index (χ0) is 45.2. The number of aliphatic hydroxyl groups is 5. The van der Waals surface area contributed by atoms with Crippen LogP contribution in [0, 0.1) is 22.7 Å². The Morgan fingerprint density at radius 3 is 2.00 bits per heavy atom. The van der Waals surface area contributed by atoms with E-state index in [0.717, 1.165) is 5.57 Å². The fourth-order valence-corrected chi connectivity index (χ4v) is 12.4. The molecule has 2 heterocycles. The maximum Gasteiger partial charge on any atom is 0.338 e. The summed E-state index contributed by atoms with van der Waals surface area (Å²) in [7, 11) is 1.38. The third kappa shape index (κ3) is 7.59. The molecule has 15 nitrogen and oxygen atoms in total. The Morgan fingerprint density at radius 2 is 1.40 bits per heavy atom. The van der Waals surface area contributed by atoms with Crippen LogP contribution >= 0.6 is 0 Å². The van der Waals surface area contributed by atoms with Crippen LogP contribution in [0.3, 0.4) is 0 Å². The number of Topliss-reactive ketones (excluding diaryl/α,β-unsaturated/α-hetero) is 1. The van der Waals surface area contributed by atoms with E-state index in [9.17, 15) is 39.9 Å². The van der Waals surface area contributed by atoms with E-state index in [1.165, 1.54) is 14.0 Å². The molecule has 4 aliphatic carbocycles. The van der Waals surface area contributed by atoms with E-state index >= 15 is 0 Å². The molecule has 0 spiro atoms. The van der Waals surface area contributed by atoms with Gasteiger partial charge in [0.15, 0.2) is 12.6 Å². The maximum atomic E-state index is 14.2. The average Bonchev–Trinajstić information content (AvgIpc) is 3.55. The molecule has 344 valence electrons. The third-order valence-electron chi connectivity index (χ3n) is 15.7. The Kier molecular flexibility index (Phi) is 12.6. The number of ketones is 1. The maximum absolute atomic E-state index is 14.2. The number of esters is 2. The minimum Gasteiger partial charge on any atom is -0.454 e. The van der Waals surface area contributed by atoms with Crippen molar-refractivity contribution >= 4 is 17.7 Å². The molecule has 0 radical (unpaired) electrons. The first-order valence-electron chi connectivity index (χ1n) is 22.2. The predicted octanol–water partition coefficient (Wildman–Crippen LogP) is 3.80. The quantitative estimate of drug-likeness (QED) is 0.170. The highest BCUT2D eigenvalue weighted by Gasteiger charge is 2.81. The van der Waals surface area contributed by atoms with Gasteiger partial charge in [0.1, 0.15) is 53.6 Å². The number of ether oxygens (including phenoxy) is 7. The van der Waals surface area contributed by atoms with E-state index in [1.807, 2.05) is 13.0 Å². The van der Waals surface area contributed by atoms with Gasteiger partial charge in [0.2, 0.25) is 0 Å². The molecule has 0 aromatic heterocycles. The Bertz CT molecular complexity index is 2020. The number of fused-ring (bicyclic) bond motifs is 5. The monoisotopic (exact) mass is 878 g/mol. The van der Waals surface area contributed by atoms with Crippen molar-refractivity contribution < 1.29 is 73.1 Å². The minimum absolute atomic E-state index is 0.0336. The molecule has 2 aromatic carbocycles. The van der Waals surface area contributed by atoms with Crippen LogP contribution in [0.4, 0.5) is 0 Å². The molecule has 15 heteroatoms. The van der Waals surface area contributed by atoms with Crippen LogP contribution in [-0.4, -0.2) is 135 Å². The second-order valence-electron chi connectivity index (χ2n) is 19.1. The van der Waals surface area contributed by atoms with Gasteiger partial charge >= 0.3 is 11.9 Å². The highest BCUT2D eigenvalue weighted by Crippen LogP contribution is 2.70. The zero-order valence-corrected chi connectivity index (χ0v) is 36.7. The Morgan fingerprint density at radius 1 is 0.762 bits per heavy atom. The topological polar surface area (TPSA) is 217 Å². The van der Waals surface area contributed by atoms with E-state index in [-0.39, 0.29) is 42.6 Å². The Balaban J connectivity index is 1.08. The van der Waals surface area contributed by atoms with Crippen molar-refractivity contribution in [3.05, 3.63) is 83.4 Å². The molecule has 18 atom stereocenters. The summed E-state index contributed by atoms with van der Waals surface area (Å²) in [6.45, 7) is 8.46. The van der Waals surface area contributed by atoms with Crippen molar-refractivity contribution in [2.24, 2.45) is 22.7 Å². The summed E-state index contributed by atoms with van der Waals surface area (Å²) >= 11 is 0. The number of hydrogen-bond donors (Lipinski definition) is 5. The molecule has 0 amide bonds.